The lowest BCUT2D eigenvalue weighted by Crippen LogP contribution is -2.25. The highest BCUT2D eigenvalue weighted by molar-refractivity contribution is 5.31. The van der Waals surface area contributed by atoms with Crippen LogP contribution < -0.4 is 4.74 Å². The third-order valence-electron chi connectivity index (χ3n) is 4.05. The van der Waals surface area contributed by atoms with Gasteiger partial charge in [0.05, 0.1) is 0 Å². The Morgan fingerprint density at radius 2 is 1.48 bits per heavy atom. The molecule has 1 aliphatic heterocycles. The molecule has 1 saturated heterocycles. The van der Waals surface area contributed by atoms with Crippen molar-refractivity contribution in [1.29, 1.82) is 0 Å². The average Bonchev–Trinajstić information content (AvgIpc) is 3.03. The minimum absolute atomic E-state index is 0.790. The molecule has 0 atom stereocenters. The second-order valence-electron chi connectivity index (χ2n) is 5.70. The molecule has 2 aromatic rings. The van der Waals surface area contributed by atoms with E-state index in [-0.39, 0.29) is 0 Å². The normalized spacial score (nSPS) is 15.2. The fourth-order valence-corrected chi connectivity index (χ4v) is 2.83. The summed E-state index contributed by atoms with van der Waals surface area (Å²) in [6, 6.07) is 19.1. The number of likely N-dealkylation sites (tertiary alicyclic amines) is 1. The molecule has 0 saturated carbocycles. The zero-order valence-corrected chi connectivity index (χ0v) is 12.5. The van der Waals surface area contributed by atoms with Crippen molar-refractivity contribution in [2.45, 2.75) is 19.3 Å². The van der Waals surface area contributed by atoms with Crippen molar-refractivity contribution in [1.82, 2.24) is 4.90 Å². The van der Waals surface area contributed by atoms with Crippen molar-refractivity contribution in [3.05, 3.63) is 65.7 Å². The Hall–Kier alpha value is -1.80. The number of hydrogen-bond donors (Lipinski definition) is 0. The molecule has 1 fully saturated rings. The van der Waals surface area contributed by atoms with Crippen LogP contribution in [0.4, 0.5) is 0 Å². The smallest absolute Gasteiger partial charge is 0.119 e. The first-order valence-electron chi connectivity index (χ1n) is 7.88. The molecule has 1 aliphatic rings. The number of nitrogens with zero attached hydrogens (tertiary/aromatic N) is 1. The summed E-state index contributed by atoms with van der Waals surface area (Å²) in [6.45, 7) is 4.31. The van der Waals surface area contributed by atoms with Crippen molar-refractivity contribution in [3.8, 4) is 5.75 Å². The van der Waals surface area contributed by atoms with Crippen LogP contribution in [0.5, 0.6) is 5.75 Å². The standard InChI is InChI=1S/C19H23NO/c1-2-6-17(7-3-1)16-18-8-10-19(11-9-18)21-15-14-20-12-4-5-13-20/h1-3,6-11H,4-5,12-16H2. The Balaban J connectivity index is 1.47. The van der Waals surface area contributed by atoms with Crippen molar-refractivity contribution in [2.24, 2.45) is 0 Å². The Labute approximate surface area is 127 Å². The zero-order valence-electron chi connectivity index (χ0n) is 12.5. The molecule has 2 nitrogen and oxygen atoms in total. The highest BCUT2D eigenvalue weighted by atomic mass is 16.5. The van der Waals surface area contributed by atoms with Crippen LogP contribution >= 0.6 is 0 Å². The highest BCUT2D eigenvalue weighted by Gasteiger charge is 2.10. The molecule has 0 unspecified atom stereocenters. The molecule has 1 heterocycles. The Morgan fingerprint density at radius 3 is 2.19 bits per heavy atom. The first kappa shape index (κ1) is 14.2. The van der Waals surface area contributed by atoms with Gasteiger partial charge in [-0.25, -0.2) is 0 Å². The molecule has 0 bridgehead atoms. The second-order valence-corrected chi connectivity index (χ2v) is 5.70. The van der Waals surface area contributed by atoms with Crippen LogP contribution in [0.15, 0.2) is 54.6 Å². The van der Waals surface area contributed by atoms with Gasteiger partial charge in [-0.05, 0) is 55.6 Å². The summed E-state index contributed by atoms with van der Waals surface area (Å²) in [7, 11) is 0. The van der Waals surface area contributed by atoms with E-state index < -0.39 is 0 Å². The van der Waals surface area contributed by atoms with E-state index in [1.165, 1.54) is 37.1 Å². The van der Waals surface area contributed by atoms with Crippen LogP contribution in [0.1, 0.15) is 24.0 Å². The van der Waals surface area contributed by atoms with E-state index in [4.69, 9.17) is 4.74 Å². The van der Waals surface area contributed by atoms with Crippen LogP contribution in [-0.4, -0.2) is 31.1 Å². The number of rotatable bonds is 6. The fraction of sp³-hybridized carbons (Fsp3) is 0.368. The quantitative estimate of drug-likeness (QED) is 0.799. The van der Waals surface area contributed by atoms with E-state index in [2.05, 4.69) is 59.5 Å². The molecular formula is C19H23NO. The maximum absolute atomic E-state index is 5.83. The zero-order chi connectivity index (χ0) is 14.3. The summed E-state index contributed by atoms with van der Waals surface area (Å²) in [5.74, 6) is 0.978. The van der Waals surface area contributed by atoms with E-state index in [1.807, 2.05) is 0 Å². The second kappa shape index (κ2) is 7.28. The van der Waals surface area contributed by atoms with Crippen molar-refractivity contribution >= 4 is 0 Å². The molecule has 0 radical (unpaired) electrons. The first-order valence-corrected chi connectivity index (χ1v) is 7.88. The van der Waals surface area contributed by atoms with Crippen molar-refractivity contribution in [2.75, 3.05) is 26.2 Å². The molecule has 110 valence electrons. The molecule has 21 heavy (non-hydrogen) atoms. The Bertz CT molecular complexity index is 529. The third-order valence-corrected chi connectivity index (χ3v) is 4.05. The van der Waals surface area contributed by atoms with E-state index in [0.29, 0.717) is 0 Å². The summed E-state index contributed by atoms with van der Waals surface area (Å²) in [6.07, 6.45) is 3.66. The van der Waals surface area contributed by atoms with Crippen molar-refractivity contribution < 1.29 is 4.74 Å². The van der Waals surface area contributed by atoms with Gasteiger partial charge >= 0.3 is 0 Å². The molecule has 0 spiro atoms. The lowest BCUT2D eigenvalue weighted by atomic mass is 10.1. The fourth-order valence-electron chi connectivity index (χ4n) is 2.83. The van der Waals surface area contributed by atoms with Gasteiger partial charge in [0.2, 0.25) is 0 Å². The van der Waals surface area contributed by atoms with Gasteiger partial charge in [-0.15, -0.1) is 0 Å². The van der Waals surface area contributed by atoms with Gasteiger partial charge in [0.15, 0.2) is 0 Å². The Kier molecular flexibility index (Phi) is 4.90. The van der Waals surface area contributed by atoms with Crippen LogP contribution in [0.2, 0.25) is 0 Å². The SMILES string of the molecule is c1ccc(Cc2ccc(OCCN3CCCC3)cc2)cc1. The van der Waals surface area contributed by atoms with Gasteiger partial charge in [-0.1, -0.05) is 42.5 Å². The van der Waals surface area contributed by atoms with Gasteiger partial charge in [-0.2, -0.15) is 0 Å². The molecular weight excluding hydrogens is 258 g/mol. The van der Waals surface area contributed by atoms with Gasteiger partial charge in [0, 0.05) is 6.54 Å². The topological polar surface area (TPSA) is 12.5 Å². The lowest BCUT2D eigenvalue weighted by Gasteiger charge is -2.15. The van der Waals surface area contributed by atoms with E-state index >= 15 is 0 Å². The summed E-state index contributed by atoms with van der Waals surface area (Å²) >= 11 is 0. The van der Waals surface area contributed by atoms with Crippen LogP contribution in [0, 0.1) is 0 Å². The monoisotopic (exact) mass is 281 g/mol. The molecule has 2 heteroatoms. The maximum Gasteiger partial charge on any atom is 0.119 e. The summed E-state index contributed by atoms with van der Waals surface area (Å²) in [5, 5.41) is 0. The molecule has 0 aromatic heterocycles. The molecule has 0 aliphatic carbocycles. The summed E-state index contributed by atoms with van der Waals surface area (Å²) in [5.41, 5.74) is 2.67. The lowest BCUT2D eigenvalue weighted by molar-refractivity contribution is 0.238. The highest BCUT2D eigenvalue weighted by Crippen LogP contribution is 2.15. The molecule has 0 N–H and O–H groups in total. The van der Waals surface area contributed by atoms with Crippen LogP contribution in [-0.2, 0) is 6.42 Å². The molecule has 2 aromatic carbocycles. The largest absolute Gasteiger partial charge is 0.492 e. The summed E-state index contributed by atoms with van der Waals surface area (Å²) in [4.78, 5) is 2.48. The number of ether oxygens (including phenoxy) is 1. The third kappa shape index (κ3) is 4.33. The minimum Gasteiger partial charge on any atom is -0.492 e. The average molecular weight is 281 g/mol. The Morgan fingerprint density at radius 1 is 0.810 bits per heavy atom. The number of benzene rings is 2. The molecule has 3 rings (SSSR count). The molecule has 0 amide bonds. The van der Waals surface area contributed by atoms with E-state index in [9.17, 15) is 0 Å². The summed E-state index contributed by atoms with van der Waals surface area (Å²) < 4.78 is 5.83. The van der Waals surface area contributed by atoms with Crippen LogP contribution in [0.3, 0.4) is 0 Å². The van der Waals surface area contributed by atoms with Gasteiger partial charge in [0.1, 0.15) is 12.4 Å². The van der Waals surface area contributed by atoms with Gasteiger partial charge in [-0.3, -0.25) is 4.90 Å². The minimum atomic E-state index is 0.790. The van der Waals surface area contributed by atoms with Gasteiger partial charge in [0.25, 0.3) is 0 Å². The van der Waals surface area contributed by atoms with Gasteiger partial charge < -0.3 is 4.74 Å². The first-order chi connectivity index (χ1) is 10.4. The van der Waals surface area contributed by atoms with E-state index in [0.717, 1.165) is 25.3 Å². The maximum atomic E-state index is 5.83. The van der Waals surface area contributed by atoms with E-state index in [1.54, 1.807) is 0 Å². The van der Waals surface area contributed by atoms with Crippen LogP contribution in [0.25, 0.3) is 0 Å². The van der Waals surface area contributed by atoms with Crippen molar-refractivity contribution in [3.63, 3.8) is 0 Å². The number of hydrogen-bond acceptors (Lipinski definition) is 2. The predicted octanol–water partition coefficient (Wildman–Crippen LogP) is 3.75. The predicted molar refractivity (Wildman–Crippen MR) is 86.9 cm³/mol.